The first-order chi connectivity index (χ1) is 17.8. The molecule has 0 aliphatic heterocycles. The Hall–Kier alpha value is -4.03. The smallest absolute Gasteiger partial charge is 0.318 e. The third kappa shape index (κ3) is 5.39. The minimum Gasteiger partial charge on any atom is -0.490 e. The Labute approximate surface area is 220 Å². The number of esters is 2. The van der Waals surface area contributed by atoms with Gasteiger partial charge >= 0.3 is 11.9 Å². The minimum atomic E-state index is -0.546. The van der Waals surface area contributed by atoms with Crippen LogP contribution in [0.15, 0.2) is 78.9 Å². The van der Waals surface area contributed by atoms with Crippen LogP contribution in [0, 0.1) is 0 Å². The fourth-order valence-corrected chi connectivity index (χ4v) is 4.23. The fourth-order valence-electron chi connectivity index (χ4n) is 4.06. The molecule has 7 heteroatoms. The fraction of sp³-hybridized carbons (Fsp3) is 0.200. The van der Waals surface area contributed by atoms with Crippen LogP contribution in [0.25, 0.3) is 10.8 Å². The van der Waals surface area contributed by atoms with Crippen LogP contribution in [-0.4, -0.2) is 26.2 Å². The van der Waals surface area contributed by atoms with Gasteiger partial charge in [0.25, 0.3) is 0 Å². The van der Waals surface area contributed by atoms with E-state index in [0.717, 1.165) is 11.1 Å². The van der Waals surface area contributed by atoms with Gasteiger partial charge in [-0.05, 0) is 43.2 Å². The first-order valence-corrected chi connectivity index (χ1v) is 12.1. The van der Waals surface area contributed by atoms with Crippen LogP contribution in [0.4, 0.5) is 0 Å². The molecule has 0 fully saturated rings. The number of fused-ring (bicyclic) bond motifs is 1. The summed E-state index contributed by atoms with van der Waals surface area (Å²) in [7, 11) is 2.85. The van der Waals surface area contributed by atoms with Crippen LogP contribution in [0.1, 0.15) is 36.8 Å². The average Bonchev–Trinajstić information content (AvgIpc) is 2.93. The number of halogens is 1. The Morgan fingerprint density at radius 1 is 0.622 bits per heavy atom. The Balaban J connectivity index is 1.80. The van der Waals surface area contributed by atoms with Gasteiger partial charge in [0, 0.05) is 15.8 Å². The quantitative estimate of drug-likeness (QED) is 0.186. The summed E-state index contributed by atoms with van der Waals surface area (Å²) in [5.41, 5.74) is 1.62. The highest BCUT2D eigenvalue weighted by Gasteiger charge is 2.29. The predicted octanol–water partition coefficient (Wildman–Crippen LogP) is 6.93. The molecule has 0 amide bonds. The van der Waals surface area contributed by atoms with Gasteiger partial charge < -0.3 is 18.9 Å². The molecule has 2 atom stereocenters. The van der Waals surface area contributed by atoms with Gasteiger partial charge in [-0.2, -0.15) is 0 Å². The largest absolute Gasteiger partial charge is 0.490 e. The first-order valence-electron chi connectivity index (χ1n) is 11.8. The number of rotatable bonds is 8. The van der Waals surface area contributed by atoms with Crippen molar-refractivity contribution in [3.05, 3.63) is 95.0 Å². The maximum atomic E-state index is 13.2. The van der Waals surface area contributed by atoms with Crippen molar-refractivity contribution in [2.45, 2.75) is 25.7 Å². The van der Waals surface area contributed by atoms with Crippen molar-refractivity contribution >= 4 is 34.3 Å². The van der Waals surface area contributed by atoms with Crippen LogP contribution in [0.5, 0.6) is 23.0 Å². The van der Waals surface area contributed by atoms with E-state index in [1.807, 2.05) is 60.7 Å². The molecule has 0 aromatic heterocycles. The van der Waals surface area contributed by atoms with E-state index in [9.17, 15) is 9.59 Å². The molecule has 0 saturated heterocycles. The number of hydrogen-bond donors (Lipinski definition) is 0. The lowest BCUT2D eigenvalue weighted by molar-refractivity contribution is -0.136. The average molecular weight is 519 g/mol. The van der Waals surface area contributed by atoms with Gasteiger partial charge in [0.15, 0.2) is 11.5 Å². The monoisotopic (exact) mass is 518 g/mol. The van der Waals surface area contributed by atoms with Crippen LogP contribution in [0.2, 0.25) is 5.02 Å². The number of ether oxygens (including phenoxy) is 4. The second kappa shape index (κ2) is 11.4. The highest BCUT2D eigenvalue weighted by molar-refractivity contribution is 6.31. The molecule has 0 N–H and O–H groups in total. The molecule has 0 aliphatic rings. The number of carbonyl (C=O) groups is 2. The molecule has 0 heterocycles. The summed E-state index contributed by atoms with van der Waals surface area (Å²) in [6.45, 7) is 3.53. The Kier molecular flexibility index (Phi) is 7.99. The van der Waals surface area contributed by atoms with Gasteiger partial charge in [0.05, 0.1) is 26.1 Å². The molecule has 4 aromatic carbocycles. The van der Waals surface area contributed by atoms with Gasteiger partial charge in [-0.1, -0.05) is 72.3 Å². The maximum Gasteiger partial charge on any atom is 0.318 e. The standard InChI is InChI=1S/C30H27ClO6/c1-18(20-11-7-5-8-12-20)29(32)36-25-23-16-15-22(31)17-24(23)26(28(35-4)27(25)34-3)37-30(33)19(2)21-13-9-6-10-14-21/h5-19H,1-4H3. The van der Waals surface area contributed by atoms with E-state index in [1.54, 1.807) is 32.0 Å². The Bertz CT molecular complexity index is 1420. The van der Waals surface area contributed by atoms with E-state index in [4.69, 9.17) is 30.5 Å². The summed E-state index contributed by atoms with van der Waals surface area (Å²) in [6.07, 6.45) is 0. The third-order valence-electron chi connectivity index (χ3n) is 6.21. The van der Waals surface area contributed by atoms with Gasteiger partial charge in [-0.25, -0.2) is 0 Å². The van der Waals surface area contributed by atoms with E-state index >= 15 is 0 Å². The molecular weight excluding hydrogens is 492 g/mol. The molecule has 2 unspecified atom stereocenters. The zero-order chi connectivity index (χ0) is 26.5. The third-order valence-corrected chi connectivity index (χ3v) is 6.44. The lowest BCUT2D eigenvalue weighted by atomic mass is 10.0. The van der Waals surface area contributed by atoms with Crippen LogP contribution in [0.3, 0.4) is 0 Å². The zero-order valence-electron chi connectivity index (χ0n) is 21.0. The van der Waals surface area contributed by atoms with Crippen molar-refractivity contribution in [1.29, 1.82) is 0 Å². The van der Waals surface area contributed by atoms with Crippen molar-refractivity contribution < 1.29 is 28.5 Å². The SMILES string of the molecule is COc1c(OC)c(OC(=O)C(C)c2ccccc2)c2cc(Cl)ccc2c1OC(=O)C(C)c1ccccc1. The van der Waals surface area contributed by atoms with E-state index in [2.05, 4.69) is 0 Å². The number of hydrogen-bond acceptors (Lipinski definition) is 6. The molecule has 4 aromatic rings. The zero-order valence-corrected chi connectivity index (χ0v) is 21.7. The molecule has 4 rings (SSSR count). The van der Waals surface area contributed by atoms with Crippen LogP contribution < -0.4 is 18.9 Å². The summed E-state index contributed by atoms with van der Waals surface area (Å²) in [5.74, 6) is -1.54. The second-order valence-electron chi connectivity index (χ2n) is 8.52. The van der Waals surface area contributed by atoms with Crippen molar-refractivity contribution in [2.24, 2.45) is 0 Å². The lowest BCUT2D eigenvalue weighted by Gasteiger charge is -2.21. The van der Waals surface area contributed by atoms with Crippen LogP contribution >= 0.6 is 11.6 Å². The summed E-state index contributed by atoms with van der Waals surface area (Å²) in [6, 6.07) is 23.6. The minimum absolute atomic E-state index is 0.112. The van der Waals surface area contributed by atoms with Crippen molar-refractivity contribution in [3.8, 4) is 23.0 Å². The van der Waals surface area contributed by atoms with Crippen molar-refractivity contribution in [2.75, 3.05) is 14.2 Å². The Morgan fingerprint density at radius 2 is 1.05 bits per heavy atom. The number of benzene rings is 4. The molecule has 190 valence electrons. The lowest BCUT2D eigenvalue weighted by Crippen LogP contribution is -2.18. The van der Waals surface area contributed by atoms with Gasteiger partial charge in [0.2, 0.25) is 11.5 Å². The maximum absolute atomic E-state index is 13.2. The van der Waals surface area contributed by atoms with Crippen molar-refractivity contribution in [1.82, 2.24) is 0 Å². The number of methoxy groups -OCH3 is 2. The molecule has 37 heavy (non-hydrogen) atoms. The summed E-state index contributed by atoms with van der Waals surface area (Å²) in [5, 5.41) is 1.32. The molecular formula is C30H27ClO6. The summed E-state index contributed by atoms with van der Waals surface area (Å²) in [4.78, 5) is 26.4. The van der Waals surface area contributed by atoms with Gasteiger partial charge in [-0.3, -0.25) is 9.59 Å². The molecule has 0 bridgehead atoms. The van der Waals surface area contributed by atoms with E-state index in [0.29, 0.717) is 15.8 Å². The van der Waals surface area contributed by atoms with Crippen molar-refractivity contribution in [3.63, 3.8) is 0 Å². The first kappa shape index (κ1) is 26.0. The number of carbonyl (C=O) groups excluding carboxylic acids is 2. The highest BCUT2D eigenvalue weighted by Crippen LogP contribution is 2.52. The second-order valence-corrected chi connectivity index (χ2v) is 8.96. The van der Waals surface area contributed by atoms with E-state index in [1.165, 1.54) is 14.2 Å². The van der Waals surface area contributed by atoms with Gasteiger partial charge in [0.1, 0.15) is 0 Å². The van der Waals surface area contributed by atoms with Crippen LogP contribution in [-0.2, 0) is 9.59 Å². The molecule has 0 radical (unpaired) electrons. The predicted molar refractivity (Wildman–Crippen MR) is 143 cm³/mol. The molecule has 6 nitrogen and oxygen atoms in total. The molecule has 0 saturated carbocycles. The van der Waals surface area contributed by atoms with Gasteiger partial charge in [-0.15, -0.1) is 0 Å². The molecule has 0 aliphatic carbocycles. The molecule has 0 spiro atoms. The summed E-state index contributed by atoms with van der Waals surface area (Å²) >= 11 is 6.32. The Morgan fingerprint density at radius 3 is 1.49 bits per heavy atom. The normalized spacial score (nSPS) is 12.5. The van der Waals surface area contributed by atoms with E-state index < -0.39 is 23.8 Å². The topological polar surface area (TPSA) is 71.1 Å². The summed E-state index contributed by atoms with van der Waals surface area (Å²) < 4.78 is 23.1. The highest BCUT2D eigenvalue weighted by atomic mass is 35.5. The van der Waals surface area contributed by atoms with E-state index in [-0.39, 0.29) is 23.0 Å².